The van der Waals surface area contributed by atoms with Crippen LogP contribution in [0.25, 0.3) is 0 Å². The lowest BCUT2D eigenvalue weighted by atomic mass is 9.78. The van der Waals surface area contributed by atoms with Crippen LogP contribution in [0.15, 0.2) is 52.6 Å². The monoisotopic (exact) mass is 698 g/mol. The molecule has 0 radical (unpaired) electrons. The molecule has 0 saturated heterocycles. The highest BCUT2D eigenvalue weighted by atomic mass is 16.5. The molecule has 10 heteroatoms. The summed E-state index contributed by atoms with van der Waals surface area (Å²) in [6.45, 7) is 17.5. The molecule has 2 aromatic rings. The van der Waals surface area contributed by atoms with E-state index in [1.54, 1.807) is 20.3 Å². The van der Waals surface area contributed by atoms with Gasteiger partial charge in [0.2, 0.25) is 0 Å². The fourth-order valence-corrected chi connectivity index (χ4v) is 7.44. The molecule has 6 rings (SSSR count). The molecule has 274 valence electrons. The van der Waals surface area contributed by atoms with Gasteiger partial charge in [0, 0.05) is 44.5 Å². The zero-order valence-electron chi connectivity index (χ0n) is 32.0. The molecule has 0 aliphatic carbocycles. The number of methoxy groups -OCH3 is 2. The highest BCUT2D eigenvalue weighted by molar-refractivity contribution is 6.04. The van der Waals surface area contributed by atoms with Crippen molar-refractivity contribution >= 4 is 29.4 Å². The number of aliphatic imine (C=N–C) groups is 1. The normalized spacial score (nSPS) is 21.3. The smallest absolute Gasteiger partial charge is 0.257 e. The van der Waals surface area contributed by atoms with Gasteiger partial charge >= 0.3 is 0 Å². The van der Waals surface area contributed by atoms with Gasteiger partial charge in [-0.2, -0.15) is 0 Å². The van der Waals surface area contributed by atoms with Gasteiger partial charge in [0.25, 0.3) is 11.8 Å². The van der Waals surface area contributed by atoms with E-state index in [4.69, 9.17) is 18.9 Å². The van der Waals surface area contributed by atoms with Crippen LogP contribution >= 0.6 is 0 Å². The van der Waals surface area contributed by atoms with Crippen molar-refractivity contribution < 1.29 is 28.5 Å². The lowest BCUT2D eigenvalue weighted by molar-refractivity contribution is 0.0742. The number of anilines is 1. The molecular formula is C41H54N4O6. The Hall–Kier alpha value is -4.47. The van der Waals surface area contributed by atoms with Crippen molar-refractivity contribution in [2.24, 2.45) is 15.8 Å². The van der Waals surface area contributed by atoms with Gasteiger partial charge in [-0.25, -0.2) is 0 Å². The number of nitrogens with zero attached hydrogens (tertiary/aromatic N) is 4. The summed E-state index contributed by atoms with van der Waals surface area (Å²) < 4.78 is 24.2. The van der Waals surface area contributed by atoms with E-state index in [-0.39, 0.29) is 40.8 Å². The zero-order valence-corrected chi connectivity index (χ0v) is 32.0. The Kier molecular flexibility index (Phi) is 9.92. The van der Waals surface area contributed by atoms with Crippen LogP contribution in [0.1, 0.15) is 88.4 Å². The third kappa shape index (κ3) is 7.32. The summed E-state index contributed by atoms with van der Waals surface area (Å²) in [7, 11) is 5.26. The van der Waals surface area contributed by atoms with Crippen LogP contribution in [0.5, 0.6) is 23.0 Å². The van der Waals surface area contributed by atoms with Crippen LogP contribution in [-0.2, 0) is 0 Å². The fraction of sp³-hybridized carbons (Fsp3) is 0.537. The van der Waals surface area contributed by atoms with Crippen molar-refractivity contribution in [2.75, 3.05) is 52.5 Å². The summed E-state index contributed by atoms with van der Waals surface area (Å²) in [5.74, 6) is 2.29. The SMILES string of the molecule is COc1cc2c(cc1OCCC(C)(C)CCC(C)(C)COc1cc3c(cc1OC)C(=O)N1CC(C)=CC1C=N3)N(C)C(C)C1C=C(C)CN1C2=O. The minimum atomic E-state index is -0.130. The van der Waals surface area contributed by atoms with E-state index in [1.807, 2.05) is 48.2 Å². The summed E-state index contributed by atoms with van der Waals surface area (Å²) in [4.78, 5) is 37.6. The molecule has 0 spiro atoms. The molecule has 3 unspecified atom stereocenters. The predicted molar refractivity (Wildman–Crippen MR) is 202 cm³/mol. The molecule has 3 atom stereocenters. The Labute approximate surface area is 303 Å². The fourth-order valence-electron chi connectivity index (χ4n) is 7.44. The Balaban J connectivity index is 1.06. The Morgan fingerprint density at radius 3 is 2.08 bits per heavy atom. The average Bonchev–Trinajstić information content (AvgIpc) is 3.64. The number of carbonyl (C=O) groups excluding carboxylic acids is 2. The van der Waals surface area contributed by atoms with Gasteiger partial charge in [-0.15, -0.1) is 0 Å². The number of amides is 2. The lowest BCUT2D eigenvalue weighted by Gasteiger charge is -2.32. The quantitative estimate of drug-likeness (QED) is 0.212. The summed E-state index contributed by atoms with van der Waals surface area (Å²) in [6, 6.07) is 7.41. The first-order valence-electron chi connectivity index (χ1n) is 18.0. The minimum Gasteiger partial charge on any atom is -0.493 e. The first kappa shape index (κ1) is 36.3. The molecule has 0 bridgehead atoms. The van der Waals surface area contributed by atoms with Crippen molar-refractivity contribution in [3.8, 4) is 23.0 Å². The van der Waals surface area contributed by atoms with Gasteiger partial charge in [-0.3, -0.25) is 14.6 Å². The van der Waals surface area contributed by atoms with Gasteiger partial charge < -0.3 is 33.6 Å². The molecule has 4 heterocycles. The van der Waals surface area contributed by atoms with Crippen LogP contribution in [0.2, 0.25) is 0 Å². The molecule has 4 aliphatic rings. The second kappa shape index (κ2) is 13.9. The minimum absolute atomic E-state index is 0.00339. The molecule has 0 N–H and O–H groups in total. The van der Waals surface area contributed by atoms with Crippen molar-refractivity contribution in [3.05, 3.63) is 58.7 Å². The standard InChI is InChI=1S/C41H54N4O6/c1-25-15-28-21-42-31-19-36(34(48-9)17-29(31)38(46)44(28)22-25)51-24-41(6,7)12-11-40(4,5)13-14-50-37-20-33-30(18-35(37)49-10)39(47)45-23-26(2)16-32(45)27(3)43(33)8/h15-21,27-28,32H,11-14,22-24H2,1-10H3. The summed E-state index contributed by atoms with van der Waals surface area (Å²) in [5, 5.41) is 0. The number of carbonyl (C=O) groups is 2. The van der Waals surface area contributed by atoms with Gasteiger partial charge in [-0.05, 0) is 63.0 Å². The molecule has 2 aromatic carbocycles. The average molecular weight is 699 g/mol. The third-order valence-electron chi connectivity index (χ3n) is 11.0. The van der Waals surface area contributed by atoms with E-state index in [9.17, 15) is 9.59 Å². The number of hydrogen-bond donors (Lipinski definition) is 0. The van der Waals surface area contributed by atoms with Crippen LogP contribution < -0.4 is 23.8 Å². The van der Waals surface area contributed by atoms with E-state index in [0.29, 0.717) is 66.1 Å². The van der Waals surface area contributed by atoms with E-state index >= 15 is 0 Å². The van der Waals surface area contributed by atoms with Gasteiger partial charge in [0.1, 0.15) is 0 Å². The van der Waals surface area contributed by atoms with Crippen molar-refractivity contribution in [3.63, 3.8) is 0 Å². The first-order chi connectivity index (χ1) is 24.1. The van der Waals surface area contributed by atoms with Crippen molar-refractivity contribution in [1.82, 2.24) is 9.80 Å². The van der Waals surface area contributed by atoms with Gasteiger partial charge in [-0.1, -0.05) is 51.0 Å². The number of benzene rings is 2. The maximum Gasteiger partial charge on any atom is 0.257 e. The van der Waals surface area contributed by atoms with Crippen LogP contribution in [0.4, 0.5) is 11.4 Å². The van der Waals surface area contributed by atoms with E-state index in [2.05, 4.69) is 63.6 Å². The van der Waals surface area contributed by atoms with E-state index < -0.39 is 0 Å². The first-order valence-corrected chi connectivity index (χ1v) is 18.0. The van der Waals surface area contributed by atoms with Crippen molar-refractivity contribution in [2.45, 2.75) is 85.9 Å². The second-order valence-corrected chi connectivity index (χ2v) is 16.3. The third-order valence-corrected chi connectivity index (χ3v) is 11.0. The number of likely N-dealkylation sites (N-methyl/N-ethyl adjacent to an activating group) is 1. The largest absolute Gasteiger partial charge is 0.493 e. The number of rotatable bonds is 12. The Morgan fingerprint density at radius 2 is 1.37 bits per heavy atom. The van der Waals surface area contributed by atoms with Crippen LogP contribution in [0, 0.1) is 10.8 Å². The number of fused-ring (bicyclic) bond motifs is 4. The molecular weight excluding hydrogens is 644 g/mol. The lowest BCUT2D eigenvalue weighted by Crippen LogP contribution is -2.45. The molecule has 10 nitrogen and oxygen atoms in total. The molecule has 0 saturated carbocycles. The maximum absolute atomic E-state index is 13.6. The number of hydrogen-bond acceptors (Lipinski definition) is 8. The van der Waals surface area contributed by atoms with E-state index in [0.717, 1.165) is 30.5 Å². The molecule has 4 aliphatic heterocycles. The Morgan fingerprint density at radius 1 is 0.765 bits per heavy atom. The van der Waals surface area contributed by atoms with E-state index in [1.165, 1.54) is 5.57 Å². The Bertz CT molecular complexity index is 1790. The molecule has 0 aromatic heterocycles. The van der Waals surface area contributed by atoms with Crippen molar-refractivity contribution in [1.29, 1.82) is 0 Å². The predicted octanol–water partition coefficient (Wildman–Crippen LogP) is 7.48. The molecule has 0 fully saturated rings. The summed E-state index contributed by atoms with van der Waals surface area (Å²) in [6.07, 6.45) is 8.86. The van der Waals surface area contributed by atoms with Crippen LogP contribution in [-0.4, -0.2) is 93.5 Å². The van der Waals surface area contributed by atoms with Gasteiger partial charge in [0.15, 0.2) is 23.0 Å². The zero-order chi connectivity index (χ0) is 36.8. The summed E-state index contributed by atoms with van der Waals surface area (Å²) >= 11 is 0. The van der Waals surface area contributed by atoms with Crippen LogP contribution in [0.3, 0.4) is 0 Å². The maximum atomic E-state index is 13.6. The number of ether oxygens (including phenoxy) is 4. The summed E-state index contributed by atoms with van der Waals surface area (Å²) in [5.41, 5.74) is 4.88. The van der Waals surface area contributed by atoms with Gasteiger partial charge in [0.05, 0.1) is 62.0 Å². The topological polar surface area (TPSA) is 93.1 Å². The molecule has 2 amide bonds. The highest BCUT2D eigenvalue weighted by Crippen LogP contribution is 2.42. The highest BCUT2D eigenvalue weighted by Gasteiger charge is 2.39. The molecule has 51 heavy (non-hydrogen) atoms. The second-order valence-electron chi connectivity index (χ2n) is 16.3.